The van der Waals surface area contributed by atoms with Gasteiger partial charge >= 0.3 is 0 Å². The van der Waals surface area contributed by atoms with Crippen LogP contribution in [-0.4, -0.2) is 36.7 Å². The van der Waals surface area contributed by atoms with E-state index in [-0.39, 0.29) is 0 Å². The van der Waals surface area contributed by atoms with E-state index in [9.17, 15) is 0 Å². The Balaban J connectivity index is 2.60. The van der Waals surface area contributed by atoms with Crippen LogP contribution in [0.15, 0.2) is 0 Å². The van der Waals surface area contributed by atoms with Crippen LogP contribution in [0.3, 0.4) is 0 Å². The molecule has 1 fully saturated rings. The van der Waals surface area contributed by atoms with Crippen LogP contribution in [0.2, 0.25) is 0 Å². The highest BCUT2D eigenvalue weighted by atomic mass is 16.5. The molecule has 0 amide bonds. The number of nitrogens with zero attached hydrogens (tertiary/aromatic N) is 1. The summed E-state index contributed by atoms with van der Waals surface area (Å²) in [6.45, 7) is 10.3. The van der Waals surface area contributed by atoms with Crippen LogP contribution in [0.25, 0.3) is 0 Å². The van der Waals surface area contributed by atoms with Crippen molar-refractivity contribution < 1.29 is 4.74 Å². The molecule has 1 aliphatic rings. The molecule has 1 heterocycles. The minimum Gasteiger partial charge on any atom is -0.380 e. The Hall–Kier alpha value is -0.0800. The number of ether oxygens (including phenoxy) is 1. The van der Waals surface area contributed by atoms with Crippen LogP contribution in [0.1, 0.15) is 40.5 Å². The average molecular weight is 199 g/mol. The molecule has 1 rings (SSSR count). The first-order valence-electron chi connectivity index (χ1n) is 5.84. The predicted octanol–water partition coefficient (Wildman–Crippen LogP) is 2.53. The van der Waals surface area contributed by atoms with Gasteiger partial charge in [-0.15, -0.1) is 0 Å². The van der Waals surface area contributed by atoms with Gasteiger partial charge in [-0.25, -0.2) is 0 Å². The van der Waals surface area contributed by atoms with Crippen LogP contribution in [0.5, 0.6) is 0 Å². The Kier molecular flexibility index (Phi) is 4.39. The zero-order valence-corrected chi connectivity index (χ0v) is 10.3. The van der Waals surface area contributed by atoms with Gasteiger partial charge < -0.3 is 4.74 Å². The standard InChI is InChI=1S/C12H25NO/c1-9(2)12-7-6-11(14-5)8-13(12)10(3)4/h9-12H,6-8H2,1-5H3. The maximum Gasteiger partial charge on any atom is 0.0699 e. The molecule has 2 heteroatoms. The van der Waals surface area contributed by atoms with E-state index in [2.05, 4.69) is 32.6 Å². The first-order chi connectivity index (χ1) is 6.56. The summed E-state index contributed by atoms with van der Waals surface area (Å²) < 4.78 is 5.46. The largest absolute Gasteiger partial charge is 0.380 e. The van der Waals surface area contributed by atoms with Gasteiger partial charge in [-0.1, -0.05) is 13.8 Å². The summed E-state index contributed by atoms with van der Waals surface area (Å²) in [5, 5.41) is 0. The zero-order valence-electron chi connectivity index (χ0n) is 10.3. The molecule has 1 saturated heterocycles. The highest BCUT2D eigenvalue weighted by molar-refractivity contribution is 4.85. The number of likely N-dealkylation sites (tertiary alicyclic amines) is 1. The third-order valence-corrected chi connectivity index (χ3v) is 3.39. The smallest absolute Gasteiger partial charge is 0.0699 e. The summed E-state index contributed by atoms with van der Waals surface area (Å²) in [7, 11) is 1.83. The lowest BCUT2D eigenvalue weighted by Crippen LogP contribution is -2.51. The average Bonchev–Trinajstić information content (AvgIpc) is 2.16. The molecule has 0 aromatic carbocycles. The lowest BCUT2D eigenvalue weighted by molar-refractivity contribution is -0.0204. The second-order valence-corrected chi connectivity index (χ2v) is 5.04. The summed E-state index contributed by atoms with van der Waals surface area (Å²) in [6, 6.07) is 1.39. The second-order valence-electron chi connectivity index (χ2n) is 5.04. The molecule has 14 heavy (non-hydrogen) atoms. The first-order valence-corrected chi connectivity index (χ1v) is 5.84. The van der Waals surface area contributed by atoms with Gasteiger partial charge in [0.05, 0.1) is 6.10 Å². The fraction of sp³-hybridized carbons (Fsp3) is 1.00. The van der Waals surface area contributed by atoms with Gasteiger partial charge in [-0.2, -0.15) is 0 Å². The van der Waals surface area contributed by atoms with E-state index in [0.29, 0.717) is 12.1 Å². The molecular formula is C12H25NO. The Morgan fingerprint density at radius 3 is 2.21 bits per heavy atom. The van der Waals surface area contributed by atoms with Crippen LogP contribution in [-0.2, 0) is 4.74 Å². The second kappa shape index (κ2) is 5.13. The monoisotopic (exact) mass is 199 g/mol. The van der Waals surface area contributed by atoms with Gasteiger partial charge in [0, 0.05) is 25.7 Å². The molecule has 2 unspecified atom stereocenters. The van der Waals surface area contributed by atoms with Gasteiger partial charge in [0.15, 0.2) is 0 Å². The van der Waals surface area contributed by atoms with Crippen molar-refractivity contribution in [2.75, 3.05) is 13.7 Å². The molecule has 84 valence electrons. The number of hydrogen-bond acceptors (Lipinski definition) is 2. The van der Waals surface area contributed by atoms with Crippen molar-refractivity contribution in [1.29, 1.82) is 0 Å². The molecule has 1 aliphatic heterocycles. The van der Waals surface area contributed by atoms with E-state index in [0.717, 1.165) is 18.5 Å². The van der Waals surface area contributed by atoms with E-state index in [4.69, 9.17) is 4.74 Å². The topological polar surface area (TPSA) is 12.5 Å². The quantitative estimate of drug-likeness (QED) is 0.692. The molecule has 0 aromatic rings. The van der Waals surface area contributed by atoms with Gasteiger partial charge in [0.2, 0.25) is 0 Å². The van der Waals surface area contributed by atoms with Crippen LogP contribution in [0, 0.1) is 5.92 Å². The van der Waals surface area contributed by atoms with E-state index in [1.165, 1.54) is 12.8 Å². The third-order valence-electron chi connectivity index (χ3n) is 3.39. The van der Waals surface area contributed by atoms with Crippen LogP contribution in [0.4, 0.5) is 0 Å². The van der Waals surface area contributed by atoms with E-state index < -0.39 is 0 Å². The maximum atomic E-state index is 5.46. The summed E-state index contributed by atoms with van der Waals surface area (Å²) in [5.41, 5.74) is 0. The van der Waals surface area contributed by atoms with Crippen molar-refractivity contribution in [3.05, 3.63) is 0 Å². The molecule has 0 spiro atoms. The van der Waals surface area contributed by atoms with Crippen molar-refractivity contribution in [1.82, 2.24) is 4.90 Å². The zero-order chi connectivity index (χ0) is 10.7. The summed E-state index contributed by atoms with van der Waals surface area (Å²) in [4.78, 5) is 2.60. The van der Waals surface area contributed by atoms with Crippen LogP contribution < -0.4 is 0 Å². The van der Waals surface area contributed by atoms with E-state index in [1.807, 2.05) is 7.11 Å². The molecule has 0 N–H and O–H groups in total. The Morgan fingerprint density at radius 1 is 1.14 bits per heavy atom. The fourth-order valence-corrected chi connectivity index (χ4v) is 2.49. The maximum absolute atomic E-state index is 5.46. The number of piperidine rings is 1. The summed E-state index contributed by atoms with van der Waals surface area (Å²) >= 11 is 0. The SMILES string of the molecule is COC1CCC(C(C)C)N(C(C)C)C1. The molecular weight excluding hydrogens is 174 g/mol. The highest BCUT2D eigenvalue weighted by Gasteiger charge is 2.31. The third kappa shape index (κ3) is 2.71. The minimum absolute atomic E-state index is 0.451. The lowest BCUT2D eigenvalue weighted by atomic mass is 9.90. The summed E-state index contributed by atoms with van der Waals surface area (Å²) in [5.74, 6) is 0.759. The predicted molar refractivity (Wildman–Crippen MR) is 60.5 cm³/mol. The van der Waals surface area contributed by atoms with Gasteiger partial charge in [-0.3, -0.25) is 4.90 Å². The van der Waals surface area contributed by atoms with Gasteiger partial charge in [0.1, 0.15) is 0 Å². The molecule has 0 radical (unpaired) electrons. The van der Waals surface area contributed by atoms with Crippen LogP contribution >= 0.6 is 0 Å². The van der Waals surface area contributed by atoms with E-state index >= 15 is 0 Å². The lowest BCUT2D eigenvalue weighted by Gasteiger charge is -2.43. The normalized spacial score (nSPS) is 30.2. The van der Waals surface area contributed by atoms with E-state index in [1.54, 1.807) is 0 Å². The minimum atomic E-state index is 0.451. The van der Waals surface area contributed by atoms with Crippen molar-refractivity contribution in [2.45, 2.75) is 58.7 Å². The Bertz CT molecular complexity index is 168. The molecule has 0 bridgehead atoms. The Labute approximate surface area is 88.6 Å². The van der Waals surface area contributed by atoms with Crippen molar-refractivity contribution in [3.63, 3.8) is 0 Å². The van der Waals surface area contributed by atoms with Crippen molar-refractivity contribution >= 4 is 0 Å². The number of methoxy groups -OCH3 is 1. The van der Waals surface area contributed by atoms with Gasteiger partial charge in [-0.05, 0) is 32.6 Å². The van der Waals surface area contributed by atoms with Crippen molar-refractivity contribution in [3.8, 4) is 0 Å². The molecule has 2 nitrogen and oxygen atoms in total. The summed E-state index contributed by atoms with van der Waals surface area (Å²) in [6.07, 6.45) is 2.96. The Morgan fingerprint density at radius 2 is 1.79 bits per heavy atom. The highest BCUT2D eigenvalue weighted by Crippen LogP contribution is 2.26. The number of hydrogen-bond donors (Lipinski definition) is 0. The van der Waals surface area contributed by atoms with Gasteiger partial charge in [0.25, 0.3) is 0 Å². The molecule has 0 aliphatic carbocycles. The molecule has 0 aromatic heterocycles. The number of rotatable bonds is 3. The first kappa shape index (κ1) is 12.0. The molecule has 2 atom stereocenters. The van der Waals surface area contributed by atoms with Crippen molar-refractivity contribution in [2.24, 2.45) is 5.92 Å². The fourth-order valence-electron chi connectivity index (χ4n) is 2.49. The molecule has 0 saturated carbocycles.